The summed E-state index contributed by atoms with van der Waals surface area (Å²) in [6.07, 6.45) is 2.08. The first-order valence-electron chi connectivity index (χ1n) is 5.89. The molecule has 1 fully saturated rings. The summed E-state index contributed by atoms with van der Waals surface area (Å²) in [5.41, 5.74) is 4.23. The Balaban J connectivity index is 2.39. The Hall–Kier alpha value is -0.530. The molecule has 1 aromatic carbocycles. The van der Waals surface area contributed by atoms with Gasteiger partial charge in [-0.1, -0.05) is 23.8 Å². The average molecular weight is 239 g/mol. The van der Waals surface area contributed by atoms with Gasteiger partial charge in [0.1, 0.15) is 0 Å². The zero-order valence-electron chi connectivity index (χ0n) is 10.1. The summed E-state index contributed by atoms with van der Waals surface area (Å²) in [6, 6.07) is 6.68. The van der Waals surface area contributed by atoms with Gasteiger partial charge in [0.25, 0.3) is 0 Å². The molecule has 0 bridgehead atoms. The minimum atomic E-state index is 0.136. The van der Waals surface area contributed by atoms with Gasteiger partial charge in [-0.2, -0.15) is 0 Å². The number of rotatable bonds is 2. The molecule has 0 spiro atoms. The van der Waals surface area contributed by atoms with E-state index in [0.717, 1.165) is 26.1 Å². The standard InChI is InChI=1S/C14H19ClO/c1-11-3-4-13(12(2)9-11)14(10-15)5-7-16-8-6-14/h3-4,9H,5-8,10H2,1-2H3. The summed E-state index contributed by atoms with van der Waals surface area (Å²) in [5, 5.41) is 0. The van der Waals surface area contributed by atoms with Crippen LogP contribution >= 0.6 is 11.6 Å². The smallest absolute Gasteiger partial charge is 0.0474 e. The van der Waals surface area contributed by atoms with Crippen molar-refractivity contribution in [3.8, 4) is 0 Å². The summed E-state index contributed by atoms with van der Waals surface area (Å²) in [4.78, 5) is 0. The Morgan fingerprint density at radius 1 is 1.25 bits per heavy atom. The topological polar surface area (TPSA) is 9.23 Å². The molecule has 0 unspecified atom stereocenters. The van der Waals surface area contributed by atoms with E-state index >= 15 is 0 Å². The monoisotopic (exact) mass is 238 g/mol. The van der Waals surface area contributed by atoms with E-state index in [2.05, 4.69) is 32.0 Å². The second kappa shape index (κ2) is 4.77. The highest BCUT2D eigenvalue weighted by atomic mass is 35.5. The molecule has 1 aliphatic heterocycles. The number of hydrogen-bond donors (Lipinski definition) is 0. The first-order chi connectivity index (χ1) is 7.68. The van der Waals surface area contributed by atoms with E-state index in [1.165, 1.54) is 16.7 Å². The number of halogens is 1. The van der Waals surface area contributed by atoms with E-state index in [0.29, 0.717) is 5.88 Å². The Labute approximate surface area is 103 Å². The Morgan fingerprint density at radius 3 is 2.50 bits per heavy atom. The molecule has 1 aromatic rings. The lowest BCUT2D eigenvalue weighted by Gasteiger charge is -2.37. The largest absolute Gasteiger partial charge is 0.381 e. The van der Waals surface area contributed by atoms with Crippen LogP contribution in [0, 0.1) is 13.8 Å². The molecular weight excluding hydrogens is 220 g/mol. The maximum atomic E-state index is 6.23. The number of ether oxygens (including phenoxy) is 1. The number of hydrogen-bond acceptors (Lipinski definition) is 1. The number of aryl methyl sites for hydroxylation is 2. The van der Waals surface area contributed by atoms with Gasteiger partial charge in [-0.25, -0.2) is 0 Å². The Bertz CT molecular complexity index is 367. The van der Waals surface area contributed by atoms with Crippen LogP contribution < -0.4 is 0 Å². The predicted octanol–water partition coefficient (Wildman–Crippen LogP) is 3.59. The van der Waals surface area contributed by atoms with Gasteiger partial charge in [-0.05, 0) is 37.8 Å². The second-order valence-corrected chi connectivity index (χ2v) is 5.11. The Morgan fingerprint density at radius 2 is 1.94 bits per heavy atom. The fraction of sp³-hybridized carbons (Fsp3) is 0.571. The molecule has 0 aliphatic carbocycles. The zero-order valence-corrected chi connectivity index (χ0v) is 10.8. The molecule has 1 saturated heterocycles. The SMILES string of the molecule is Cc1ccc(C2(CCl)CCOCC2)c(C)c1. The molecule has 0 aromatic heterocycles. The van der Waals surface area contributed by atoms with E-state index in [1.54, 1.807) is 0 Å². The summed E-state index contributed by atoms with van der Waals surface area (Å²) < 4.78 is 5.45. The lowest BCUT2D eigenvalue weighted by molar-refractivity contribution is 0.0574. The van der Waals surface area contributed by atoms with Gasteiger partial charge in [0.15, 0.2) is 0 Å². The molecule has 0 saturated carbocycles. The van der Waals surface area contributed by atoms with Crippen molar-refractivity contribution in [3.63, 3.8) is 0 Å². The molecule has 0 atom stereocenters. The lowest BCUT2D eigenvalue weighted by atomic mass is 9.74. The van der Waals surface area contributed by atoms with Gasteiger partial charge in [0, 0.05) is 24.5 Å². The van der Waals surface area contributed by atoms with Crippen molar-refractivity contribution < 1.29 is 4.74 Å². The summed E-state index contributed by atoms with van der Waals surface area (Å²) in [7, 11) is 0. The van der Waals surface area contributed by atoms with Crippen molar-refractivity contribution in [2.75, 3.05) is 19.1 Å². The van der Waals surface area contributed by atoms with Crippen molar-refractivity contribution in [3.05, 3.63) is 34.9 Å². The van der Waals surface area contributed by atoms with Gasteiger partial charge in [-0.3, -0.25) is 0 Å². The van der Waals surface area contributed by atoms with E-state index in [9.17, 15) is 0 Å². The molecule has 0 radical (unpaired) electrons. The van der Waals surface area contributed by atoms with Crippen LogP contribution in [0.1, 0.15) is 29.5 Å². The third-order valence-electron chi connectivity index (χ3n) is 3.66. The molecule has 2 rings (SSSR count). The zero-order chi connectivity index (χ0) is 11.6. The summed E-state index contributed by atoms with van der Waals surface area (Å²) >= 11 is 6.23. The molecule has 16 heavy (non-hydrogen) atoms. The third kappa shape index (κ3) is 2.11. The van der Waals surface area contributed by atoms with Crippen LogP contribution in [0.5, 0.6) is 0 Å². The van der Waals surface area contributed by atoms with Crippen LogP contribution in [0.3, 0.4) is 0 Å². The molecule has 88 valence electrons. The van der Waals surface area contributed by atoms with Crippen molar-refractivity contribution in [1.29, 1.82) is 0 Å². The highest BCUT2D eigenvalue weighted by Crippen LogP contribution is 2.37. The highest BCUT2D eigenvalue weighted by Gasteiger charge is 2.34. The normalized spacial score (nSPS) is 19.7. The minimum absolute atomic E-state index is 0.136. The molecule has 2 heteroatoms. The van der Waals surface area contributed by atoms with Gasteiger partial charge in [-0.15, -0.1) is 11.6 Å². The van der Waals surface area contributed by atoms with Crippen molar-refractivity contribution in [2.24, 2.45) is 0 Å². The van der Waals surface area contributed by atoms with E-state index in [-0.39, 0.29) is 5.41 Å². The van der Waals surface area contributed by atoms with Gasteiger partial charge in [0.2, 0.25) is 0 Å². The van der Waals surface area contributed by atoms with Crippen LogP contribution in [0.2, 0.25) is 0 Å². The summed E-state index contributed by atoms with van der Waals surface area (Å²) in [5.74, 6) is 0.695. The second-order valence-electron chi connectivity index (χ2n) is 4.84. The van der Waals surface area contributed by atoms with Gasteiger partial charge < -0.3 is 4.74 Å². The van der Waals surface area contributed by atoms with E-state index in [1.807, 2.05) is 0 Å². The van der Waals surface area contributed by atoms with Crippen molar-refractivity contribution >= 4 is 11.6 Å². The molecular formula is C14H19ClO. The quantitative estimate of drug-likeness (QED) is 0.716. The van der Waals surface area contributed by atoms with E-state index < -0.39 is 0 Å². The molecule has 1 heterocycles. The number of alkyl halides is 1. The van der Waals surface area contributed by atoms with E-state index in [4.69, 9.17) is 16.3 Å². The Kier molecular flexibility index (Phi) is 3.56. The molecule has 1 nitrogen and oxygen atoms in total. The van der Waals surface area contributed by atoms with Crippen LogP contribution in [0.25, 0.3) is 0 Å². The predicted molar refractivity (Wildman–Crippen MR) is 68.4 cm³/mol. The van der Waals surface area contributed by atoms with Gasteiger partial charge in [0.05, 0.1) is 0 Å². The van der Waals surface area contributed by atoms with Gasteiger partial charge >= 0.3 is 0 Å². The number of benzene rings is 1. The third-order valence-corrected chi connectivity index (χ3v) is 4.17. The molecule has 1 aliphatic rings. The lowest BCUT2D eigenvalue weighted by Crippen LogP contribution is -2.36. The minimum Gasteiger partial charge on any atom is -0.381 e. The van der Waals surface area contributed by atoms with Crippen molar-refractivity contribution in [2.45, 2.75) is 32.1 Å². The average Bonchev–Trinajstić information content (AvgIpc) is 2.30. The fourth-order valence-electron chi connectivity index (χ4n) is 2.65. The first-order valence-corrected chi connectivity index (χ1v) is 6.43. The van der Waals surface area contributed by atoms with Crippen LogP contribution in [-0.2, 0) is 10.2 Å². The maximum absolute atomic E-state index is 6.23. The van der Waals surface area contributed by atoms with Crippen LogP contribution in [0.15, 0.2) is 18.2 Å². The van der Waals surface area contributed by atoms with Crippen LogP contribution in [0.4, 0.5) is 0 Å². The maximum Gasteiger partial charge on any atom is 0.0474 e. The molecule has 0 amide bonds. The highest BCUT2D eigenvalue weighted by molar-refractivity contribution is 6.18. The fourth-order valence-corrected chi connectivity index (χ4v) is 3.06. The first kappa shape index (κ1) is 11.9. The van der Waals surface area contributed by atoms with Crippen molar-refractivity contribution in [1.82, 2.24) is 0 Å². The van der Waals surface area contributed by atoms with Crippen LogP contribution in [-0.4, -0.2) is 19.1 Å². The molecule has 0 N–H and O–H groups in total. The summed E-state index contributed by atoms with van der Waals surface area (Å²) in [6.45, 7) is 5.99.